The predicted octanol–water partition coefficient (Wildman–Crippen LogP) is 5.25. The third kappa shape index (κ3) is 2.93. The highest BCUT2D eigenvalue weighted by Crippen LogP contribution is 2.23. The van der Waals surface area contributed by atoms with E-state index in [4.69, 9.17) is 11.6 Å². The van der Waals surface area contributed by atoms with Crippen LogP contribution in [0.2, 0.25) is 0 Å². The molecule has 0 radical (unpaired) electrons. The quantitative estimate of drug-likeness (QED) is 0.630. The number of benzene rings is 2. The number of hydrogen-bond acceptors (Lipinski definition) is 1. The fourth-order valence-corrected chi connectivity index (χ4v) is 2.25. The lowest BCUT2D eigenvalue weighted by atomic mass is 10.1. The van der Waals surface area contributed by atoms with Gasteiger partial charge in [0.1, 0.15) is 0 Å². The third-order valence-electron chi connectivity index (χ3n) is 3.08. The molecule has 104 valence electrons. The molecule has 0 saturated heterocycles. The second-order valence-corrected chi connectivity index (χ2v) is 4.96. The molecule has 0 N–H and O–H groups in total. The average Bonchev–Trinajstić information content (AvgIpc) is 2.50. The number of rotatable bonds is 2. The summed E-state index contributed by atoms with van der Waals surface area (Å²) >= 11 is 6.22. The van der Waals surface area contributed by atoms with Crippen LogP contribution in [0, 0.1) is 11.6 Å². The van der Waals surface area contributed by atoms with Crippen LogP contribution in [0.4, 0.5) is 8.78 Å². The van der Waals surface area contributed by atoms with Crippen LogP contribution in [-0.2, 0) is 0 Å². The number of para-hydroxylation sites is 1. The number of hydrogen-bond donors (Lipinski definition) is 0. The summed E-state index contributed by atoms with van der Waals surface area (Å²) in [4.78, 5) is 4.44. The highest BCUT2D eigenvalue weighted by Gasteiger charge is 2.05. The first-order valence-corrected chi connectivity index (χ1v) is 6.70. The van der Waals surface area contributed by atoms with Crippen molar-refractivity contribution in [1.82, 2.24) is 4.98 Å². The molecule has 1 heterocycles. The smallest absolute Gasteiger partial charge is 0.159 e. The first kappa shape index (κ1) is 13.7. The Morgan fingerprint density at radius 3 is 2.57 bits per heavy atom. The molecule has 0 spiro atoms. The van der Waals surface area contributed by atoms with Gasteiger partial charge >= 0.3 is 0 Å². The van der Waals surface area contributed by atoms with Gasteiger partial charge in [0.05, 0.1) is 16.2 Å². The zero-order valence-electron chi connectivity index (χ0n) is 10.9. The second kappa shape index (κ2) is 5.62. The highest BCUT2D eigenvalue weighted by atomic mass is 35.5. The normalized spacial score (nSPS) is 11.9. The number of fused-ring (bicyclic) bond motifs is 1. The SMILES string of the molecule is Fc1ccc(/C=C(\Cl)c2ccc3ccccc3n2)cc1F. The topological polar surface area (TPSA) is 12.9 Å². The van der Waals surface area contributed by atoms with E-state index < -0.39 is 11.6 Å². The van der Waals surface area contributed by atoms with Crippen LogP contribution in [-0.4, -0.2) is 4.98 Å². The van der Waals surface area contributed by atoms with E-state index in [9.17, 15) is 8.78 Å². The summed E-state index contributed by atoms with van der Waals surface area (Å²) in [6.07, 6.45) is 1.56. The summed E-state index contributed by atoms with van der Waals surface area (Å²) in [5, 5.41) is 1.38. The van der Waals surface area contributed by atoms with E-state index in [2.05, 4.69) is 4.98 Å². The lowest BCUT2D eigenvalue weighted by Crippen LogP contribution is -1.87. The maximum Gasteiger partial charge on any atom is 0.159 e. The maximum absolute atomic E-state index is 13.2. The lowest BCUT2D eigenvalue weighted by Gasteiger charge is -2.02. The Hall–Kier alpha value is -2.26. The zero-order chi connectivity index (χ0) is 14.8. The van der Waals surface area contributed by atoms with E-state index in [0.717, 1.165) is 23.0 Å². The number of pyridine rings is 1. The monoisotopic (exact) mass is 301 g/mol. The summed E-state index contributed by atoms with van der Waals surface area (Å²) in [6.45, 7) is 0. The molecular formula is C17H10ClF2N. The molecule has 0 fully saturated rings. The van der Waals surface area contributed by atoms with Crippen molar-refractivity contribution in [3.63, 3.8) is 0 Å². The van der Waals surface area contributed by atoms with Crippen molar-refractivity contribution in [2.24, 2.45) is 0 Å². The molecule has 0 aliphatic carbocycles. The zero-order valence-corrected chi connectivity index (χ0v) is 11.6. The van der Waals surface area contributed by atoms with Crippen LogP contribution in [0.15, 0.2) is 54.6 Å². The molecule has 0 saturated carbocycles. The van der Waals surface area contributed by atoms with Gasteiger partial charge < -0.3 is 0 Å². The van der Waals surface area contributed by atoms with E-state index in [1.807, 2.05) is 30.3 Å². The van der Waals surface area contributed by atoms with Gasteiger partial charge in [-0.2, -0.15) is 0 Å². The van der Waals surface area contributed by atoms with Crippen LogP contribution in [0.3, 0.4) is 0 Å². The Kier molecular flexibility index (Phi) is 3.67. The highest BCUT2D eigenvalue weighted by molar-refractivity contribution is 6.51. The Labute approximate surface area is 125 Å². The largest absolute Gasteiger partial charge is 0.247 e. The van der Waals surface area contributed by atoms with E-state index in [1.165, 1.54) is 6.07 Å². The van der Waals surface area contributed by atoms with Crippen LogP contribution in [0.25, 0.3) is 22.0 Å². The molecule has 0 atom stereocenters. The Bertz CT molecular complexity index is 843. The van der Waals surface area contributed by atoms with Gasteiger partial charge in [0.15, 0.2) is 11.6 Å². The van der Waals surface area contributed by atoms with E-state index in [0.29, 0.717) is 16.3 Å². The minimum atomic E-state index is -0.903. The molecule has 0 bridgehead atoms. The van der Waals surface area contributed by atoms with E-state index in [-0.39, 0.29) is 0 Å². The molecule has 0 unspecified atom stereocenters. The van der Waals surface area contributed by atoms with Gasteiger partial charge in [-0.05, 0) is 35.9 Å². The van der Waals surface area contributed by atoms with Gasteiger partial charge in [-0.15, -0.1) is 0 Å². The van der Waals surface area contributed by atoms with Gasteiger partial charge in [-0.3, -0.25) is 0 Å². The third-order valence-corrected chi connectivity index (χ3v) is 3.38. The summed E-state index contributed by atoms with van der Waals surface area (Å²) < 4.78 is 26.1. The van der Waals surface area contributed by atoms with Crippen LogP contribution >= 0.6 is 11.6 Å². The fraction of sp³-hybridized carbons (Fsp3) is 0. The Morgan fingerprint density at radius 2 is 1.76 bits per heavy atom. The minimum absolute atomic E-state index is 0.367. The molecule has 3 rings (SSSR count). The van der Waals surface area contributed by atoms with Gasteiger partial charge in [0.2, 0.25) is 0 Å². The van der Waals surface area contributed by atoms with Crippen molar-refractivity contribution in [3.8, 4) is 0 Å². The van der Waals surface area contributed by atoms with Crippen LogP contribution in [0.1, 0.15) is 11.3 Å². The summed E-state index contributed by atoms with van der Waals surface area (Å²) in [5.41, 5.74) is 1.89. The Balaban J connectivity index is 2.00. The van der Waals surface area contributed by atoms with Crippen molar-refractivity contribution >= 4 is 33.6 Å². The molecule has 1 nitrogen and oxygen atoms in total. The van der Waals surface area contributed by atoms with Crippen LogP contribution < -0.4 is 0 Å². The number of nitrogens with zero attached hydrogens (tertiary/aromatic N) is 1. The molecule has 4 heteroatoms. The maximum atomic E-state index is 13.2. The summed E-state index contributed by atoms with van der Waals surface area (Å²) in [5.74, 6) is -1.79. The van der Waals surface area contributed by atoms with Gasteiger partial charge in [-0.25, -0.2) is 13.8 Å². The number of aromatic nitrogens is 1. The predicted molar refractivity (Wildman–Crippen MR) is 81.8 cm³/mol. The van der Waals surface area contributed by atoms with Gasteiger partial charge in [-0.1, -0.05) is 41.9 Å². The Morgan fingerprint density at radius 1 is 0.952 bits per heavy atom. The van der Waals surface area contributed by atoms with Gasteiger partial charge in [0, 0.05) is 5.39 Å². The van der Waals surface area contributed by atoms with Crippen LogP contribution in [0.5, 0.6) is 0 Å². The van der Waals surface area contributed by atoms with E-state index in [1.54, 1.807) is 12.1 Å². The fourth-order valence-electron chi connectivity index (χ4n) is 2.02. The summed E-state index contributed by atoms with van der Waals surface area (Å²) in [6, 6.07) is 15.0. The molecule has 0 aliphatic heterocycles. The second-order valence-electron chi connectivity index (χ2n) is 4.56. The first-order valence-electron chi connectivity index (χ1n) is 6.32. The standard InChI is InChI=1S/C17H10ClF2N/c18-13(9-11-5-7-14(19)15(20)10-11)17-8-6-12-3-1-2-4-16(12)21-17/h1-10H/b13-9-. The molecule has 2 aromatic carbocycles. The molecule has 0 aliphatic rings. The first-order chi connectivity index (χ1) is 10.1. The van der Waals surface area contributed by atoms with Crippen molar-refractivity contribution in [3.05, 3.63) is 77.5 Å². The van der Waals surface area contributed by atoms with Gasteiger partial charge in [0.25, 0.3) is 0 Å². The molecule has 0 amide bonds. The number of halogens is 3. The summed E-state index contributed by atoms with van der Waals surface area (Å²) in [7, 11) is 0. The van der Waals surface area contributed by atoms with Crippen molar-refractivity contribution in [2.45, 2.75) is 0 Å². The average molecular weight is 302 g/mol. The van der Waals surface area contributed by atoms with Crippen molar-refractivity contribution in [2.75, 3.05) is 0 Å². The molecule has 3 aromatic rings. The van der Waals surface area contributed by atoms with Crippen molar-refractivity contribution < 1.29 is 8.78 Å². The van der Waals surface area contributed by atoms with E-state index >= 15 is 0 Å². The molecule has 1 aromatic heterocycles. The molecular weight excluding hydrogens is 292 g/mol. The van der Waals surface area contributed by atoms with Crippen molar-refractivity contribution in [1.29, 1.82) is 0 Å². The minimum Gasteiger partial charge on any atom is -0.247 e. The molecule has 21 heavy (non-hydrogen) atoms. The lowest BCUT2D eigenvalue weighted by molar-refractivity contribution is 0.508.